The second-order valence-corrected chi connectivity index (χ2v) is 5.43. The first kappa shape index (κ1) is 13.8. The predicted molar refractivity (Wildman–Crippen MR) is 77.2 cm³/mol. The van der Waals surface area contributed by atoms with Crippen LogP contribution in [0.2, 0.25) is 0 Å². The molecule has 0 saturated carbocycles. The standard InChI is InChI=1S/C14H20N6O/c1-10-3-4-13-11(2)20(6-5-19(10)13)14(21)9-18-8-12(7-15)16-17-18/h3-4,8,11H,5-7,9,15H2,1-2H3. The SMILES string of the molecule is Cc1ccc2n1CCN(C(=O)Cn1cc(CN)nn1)C2C. The van der Waals surface area contributed by atoms with Crippen LogP contribution in [0, 0.1) is 6.92 Å². The summed E-state index contributed by atoms with van der Waals surface area (Å²) in [7, 11) is 0. The summed E-state index contributed by atoms with van der Waals surface area (Å²) in [4.78, 5) is 14.4. The molecule has 0 fully saturated rings. The highest BCUT2D eigenvalue weighted by Crippen LogP contribution is 2.27. The highest BCUT2D eigenvalue weighted by atomic mass is 16.2. The van der Waals surface area contributed by atoms with Gasteiger partial charge in [-0.1, -0.05) is 5.21 Å². The third-order valence-electron chi connectivity index (χ3n) is 4.11. The fourth-order valence-corrected chi connectivity index (χ4v) is 2.90. The average Bonchev–Trinajstić information content (AvgIpc) is 3.07. The van der Waals surface area contributed by atoms with Crippen molar-refractivity contribution in [3.05, 3.63) is 35.4 Å². The molecule has 0 saturated heterocycles. The lowest BCUT2D eigenvalue weighted by Gasteiger charge is -2.35. The van der Waals surface area contributed by atoms with Crippen LogP contribution in [0.15, 0.2) is 18.3 Å². The average molecular weight is 288 g/mol. The van der Waals surface area contributed by atoms with E-state index in [9.17, 15) is 4.79 Å². The lowest BCUT2D eigenvalue weighted by molar-refractivity contribution is -0.135. The van der Waals surface area contributed by atoms with Gasteiger partial charge in [0.2, 0.25) is 5.91 Å². The van der Waals surface area contributed by atoms with Gasteiger partial charge in [-0.25, -0.2) is 4.68 Å². The summed E-state index contributed by atoms with van der Waals surface area (Å²) < 4.78 is 3.83. The molecule has 7 nitrogen and oxygen atoms in total. The minimum absolute atomic E-state index is 0.0566. The van der Waals surface area contributed by atoms with Gasteiger partial charge in [-0.05, 0) is 26.0 Å². The Labute approximate surface area is 123 Å². The number of hydrogen-bond donors (Lipinski definition) is 1. The number of carbonyl (C=O) groups excluding carboxylic acids is 1. The van der Waals surface area contributed by atoms with E-state index in [1.54, 1.807) is 10.9 Å². The van der Waals surface area contributed by atoms with Gasteiger partial charge in [-0.3, -0.25) is 4.79 Å². The summed E-state index contributed by atoms with van der Waals surface area (Å²) in [5, 5.41) is 7.83. The van der Waals surface area contributed by atoms with Crippen molar-refractivity contribution in [3.8, 4) is 0 Å². The van der Waals surface area contributed by atoms with Crippen LogP contribution in [0.1, 0.15) is 30.0 Å². The monoisotopic (exact) mass is 288 g/mol. The van der Waals surface area contributed by atoms with Gasteiger partial charge >= 0.3 is 0 Å². The van der Waals surface area contributed by atoms with E-state index in [0.29, 0.717) is 12.2 Å². The van der Waals surface area contributed by atoms with E-state index in [1.807, 2.05) is 4.90 Å². The number of carbonyl (C=O) groups is 1. The van der Waals surface area contributed by atoms with E-state index in [2.05, 4.69) is 40.9 Å². The summed E-state index contributed by atoms with van der Waals surface area (Å²) >= 11 is 0. The van der Waals surface area contributed by atoms with E-state index >= 15 is 0 Å². The Balaban J connectivity index is 1.74. The molecule has 0 aliphatic carbocycles. The maximum atomic E-state index is 12.5. The molecule has 2 aromatic rings. The molecule has 1 atom stereocenters. The molecular weight excluding hydrogens is 268 g/mol. The van der Waals surface area contributed by atoms with Gasteiger partial charge in [-0.2, -0.15) is 0 Å². The molecule has 3 rings (SSSR count). The second-order valence-electron chi connectivity index (χ2n) is 5.43. The van der Waals surface area contributed by atoms with Crippen LogP contribution in [0.25, 0.3) is 0 Å². The summed E-state index contributed by atoms with van der Waals surface area (Å²) in [6, 6.07) is 4.28. The fraction of sp³-hybridized carbons (Fsp3) is 0.500. The molecule has 0 bridgehead atoms. The lowest BCUT2D eigenvalue weighted by Crippen LogP contribution is -2.42. The summed E-state index contributed by atoms with van der Waals surface area (Å²) in [6.45, 7) is 6.27. The molecule has 2 aromatic heterocycles. The van der Waals surface area contributed by atoms with Crippen molar-refractivity contribution >= 4 is 5.91 Å². The van der Waals surface area contributed by atoms with Crippen LogP contribution in [0.4, 0.5) is 0 Å². The van der Waals surface area contributed by atoms with Crippen molar-refractivity contribution in [2.75, 3.05) is 6.54 Å². The maximum Gasteiger partial charge on any atom is 0.244 e. The number of aryl methyl sites for hydroxylation is 1. The Kier molecular flexibility index (Phi) is 3.50. The molecule has 0 spiro atoms. The largest absolute Gasteiger partial charge is 0.345 e. The van der Waals surface area contributed by atoms with Gasteiger partial charge in [0.1, 0.15) is 6.54 Å². The zero-order valence-corrected chi connectivity index (χ0v) is 12.4. The first-order valence-corrected chi connectivity index (χ1v) is 7.14. The maximum absolute atomic E-state index is 12.5. The Morgan fingerprint density at radius 1 is 1.43 bits per heavy atom. The molecule has 21 heavy (non-hydrogen) atoms. The van der Waals surface area contributed by atoms with E-state index in [1.165, 1.54) is 11.4 Å². The molecule has 1 aliphatic rings. The van der Waals surface area contributed by atoms with Crippen LogP contribution in [0.3, 0.4) is 0 Å². The molecule has 2 N–H and O–H groups in total. The third-order valence-corrected chi connectivity index (χ3v) is 4.11. The number of aromatic nitrogens is 4. The minimum Gasteiger partial charge on any atom is -0.345 e. The van der Waals surface area contributed by atoms with Gasteiger partial charge in [-0.15, -0.1) is 5.10 Å². The Morgan fingerprint density at radius 2 is 2.24 bits per heavy atom. The molecule has 7 heteroatoms. The second kappa shape index (κ2) is 5.33. The lowest BCUT2D eigenvalue weighted by atomic mass is 10.1. The smallest absolute Gasteiger partial charge is 0.244 e. The van der Waals surface area contributed by atoms with Crippen molar-refractivity contribution in [1.29, 1.82) is 0 Å². The Morgan fingerprint density at radius 3 is 2.95 bits per heavy atom. The number of rotatable bonds is 3. The number of amides is 1. The first-order valence-electron chi connectivity index (χ1n) is 7.14. The minimum atomic E-state index is 0.0566. The van der Waals surface area contributed by atoms with E-state index in [0.717, 1.165) is 13.1 Å². The quantitative estimate of drug-likeness (QED) is 0.889. The van der Waals surface area contributed by atoms with Crippen LogP contribution < -0.4 is 5.73 Å². The Bertz CT molecular complexity index is 658. The van der Waals surface area contributed by atoms with Crippen molar-refractivity contribution < 1.29 is 4.79 Å². The van der Waals surface area contributed by atoms with Crippen LogP contribution in [-0.2, 0) is 24.4 Å². The summed E-state index contributed by atoms with van der Waals surface area (Å²) in [6.07, 6.45) is 1.72. The van der Waals surface area contributed by atoms with Gasteiger partial charge in [0.25, 0.3) is 0 Å². The summed E-state index contributed by atoms with van der Waals surface area (Å²) in [5.41, 5.74) is 8.63. The van der Waals surface area contributed by atoms with Crippen molar-refractivity contribution in [1.82, 2.24) is 24.5 Å². The van der Waals surface area contributed by atoms with E-state index in [-0.39, 0.29) is 18.5 Å². The van der Waals surface area contributed by atoms with E-state index < -0.39 is 0 Å². The molecule has 1 aliphatic heterocycles. The van der Waals surface area contributed by atoms with Gasteiger partial charge in [0.05, 0.1) is 17.9 Å². The molecule has 0 radical (unpaired) electrons. The van der Waals surface area contributed by atoms with Gasteiger partial charge in [0, 0.05) is 31.0 Å². The highest BCUT2D eigenvalue weighted by molar-refractivity contribution is 5.76. The zero-order chi connectivity index (χ0) is 15.0. The van der Waals surface area contributed by atoms with Gasteiger partial charge < -0.3 is 15.2 Å². The number of nitrogens with two attached hydrogens (primary N) is 1. The van der Waals surface area contributed by atoms with Gasteiger partial charge in [0.15, 0.2) is 0 Å². The number of nitrogens with zero attached hydrogens (tertiary/aromatic N) is 5. The highest BCUT2D eigenvalue weighted by Gasteiger charge is 2.28. The molecular formula is C14H20N6O. The third kappa shape index (κ3) is 2.44. The molecule has 3 heterocycles. The van der Waals surface area contributed by atoms with Crippen molar-refractivity contribution in [3.63, 3.8) is 0 Å². The zero-order valence-electron chi connectivity index (χ0n) is 12.4. The molecule has 1 unspecified atom stereocenters. The molecule has 112 valence electrons. The topological polar surface area (TPSA) is 82.0 Å². The molecule has 1 amide bonds. The van der Waals surface area contributed by atoms with E-state index in [4.69, 9.17) is 5.73 Å². The summed E-state index contributed by atoms with van der Waals surface area (Å²) in [5.74, 6) is 0.0566. The normalized spacial score (nSPS) is 17.9. The number of fused-ring (bicyclic) bond motifs is 1. The first-order chi connectivity index (χ1) is 10.1. The van der Waals surface area contributed by atoms with Crippen molar-refractivity contribution in [2.24, 2.45) is 5.73 Å². The van der Waals surface area contributed by atoms with Crippen LogP contribution >= 0.6 is 0 Å². The van der Waals surface area contributed by atoms with Crippen LogP contribution in [0.5, 0.6) is 0 Å². The predicted octanol–water partition coefficient (Wildman–Crippen LogP) is 0.450. The Hall–Kier alpha value is -2.15. The molecule has 0 aromatic carbocycles. The van der Waals surface area contributed by atoms with Crippen molar-refractivity contribution in [2.45, 2.75) is 39.5 Å². The van der Waals surface area contributed by atoms with Crippen LogP contribution in [-0.4, -0.2) is 36.9 Å². The number of hydrogen-bond acceptors (Lipinski definition) is 4. The fourth-order valence-electron chi connectivity index (χ4n) is 2.90.